The molecule has 5 heteroatoms. The van der Waals surface area contributed by atoms with Crippen LogP contribution in [0.3, 0.4) is 0 Å². The van der Waals surface area contributed by atoms with Crippen molar-refractivity contribution in [3.8, 4) is 0 Å². The van der Waals surface area contributed by atoms with Crippen molar-refractivity contribution in [3.05, 3.63) is 21.1 Å². The summed E-state index contributed by atoms with van der Waals surface area (Å²) in [5, 5.41) is 0.439. The minimum atomic E-state index is -0.0770. The van der Waals surface area contributed by atoms with E-state index in [9.17, 15) is 0 Å². The van der Waals surface area contributed by atoms with Gasteiger partial charge in [-0.15, -0.1) is 0 Å². The summed E-state index contributed by atoms with van der Waals surface area (Å²) in [7, 11) is 0. The molecule has 0 fully saturated rings. The molecule has 0 unspecified atom stereocenters. The molecular formula is C11H16BrClN2O. The van der Waals surface area contributed by atoms with E-state index >= 15 is 0 Å². The Morgan fingerprint density at radius 2 is 1.94 bits per heavy atom. The van der Waals surface area contributed by atoms with Gasteiger partial charge in [-0.2, -0.15) is 0 Å². The molecule has 0 aliphatic carbocycles. The molecule has 1 rings (SSSR count). The first-order valence-corrected chi connectivity index (χ1v) is 6.33. The van der Waals surface area contributed by atoms with Crippen LogP contribution in [0.4, 0.5) is 0 Å². The molecule has 16 heavy (non-hydrogen) atoms. The van der Waals surface area contributed by atoms with Gasteiger partial charge < -0.3 is 4.74 Å². The molecule has 0 aromatic carbocycles. The quantitative estimate of drug-likeness (QED) is 0.798. The maximum atomic E-state index is 6.05. The summed E-state index contributed by atoms with van der Waals surface area (Å²) < 4.78 is 6.05. The number of rotatable bonds is 3. The van der Waals surface area contributed by atoms with Gasteiger partial charge >= 0.3 is 0 Å². The van der Waals surface area contributed by atoms with Gasteiger partial charge in [0.1, 0.15) is 11.8 Å². The van der Waals surface area contributed by atoms with Crippen LogP contribution in [0.25, 0.3) is 0 Å². The van der Waals surface area contributed by atoms with E-state index in [-0.39, 0.29) is 5.41 Å². The summed E-state index contributed by atoms with van der Waals surface area (Å²) in [5.74, 6) is 0.625. The average Bonchev–Trinajstić information content (AvgIpc) is 2.17. The SMILES string of the molecule is CCOCc1nc(Cl)c(Br)c(C(C)(C)C)n1. The smallest absolute Gasteiger partial charge is 0.156 e. The van der Waals surface area contributed by atoms with Crippen LogP contribution < -0.4 is 0 Å². The van der Waals surface area contributed by atoms with Crippen molar-refractivity contribution in [2.75, 3.05) is 6.61 Å². The third-order valence-electron chi connectivity index (χ3n) is 2.00. The first kappa shape index (κ1) is 13.9. The number of hydrogen-bond donors (Lipinski definition) is 0. The summed E-state index contributed by atoms with van der Waals surface area (Å²) in [6.45, 7) is 9.22. The van der Waals surface area contributed by atoms with E-state index in [2.05, 4.69) is 46.7 Å². The van der Waals surface area contributed by atoms with Gasteiger partial charge in [-0.3, -0.25) is 0 Å². The van der Waals surface area contributed by atoms with Crippen LogP contribution in [0.15, 0.2) is 4.47 Å². The second-order valence-corrected chi connectivity index (χ2v) is 5.63. The number of hydrogen-bond acceptors (Lipinski definition) is 3. The van der Waals surface area contributed by atoms with Crippen molar-refractivity contribution < 1.29 is 4.74 Å². The molecule has 1 aromatic heterocycles. The van der Waals surface area contributed by atoms with Crippen molar-refractivity contribution in [2.45, 2.75) is 39.7 Å². The predicted molar refractivity (Wildman–Crippen MR) is 68.8 cm³/mol. The number of ether oxygens (including phenoxy) is 1. The zero-order chi connectivity index (χ0) is 12.3. The molecule has 0 saturated carbocycles. The van der Waals surface area contributed by atoms with Crippen LogP contribution in [0.1, 0.15) is 39.2 Å². The van der Waals surface area contributed by atoms with Crippen LogP contribution in [0.5, 0.6) is 0 Å². The topological polar surface area (TPSA) is 35.0 Å². The lowest BCUT2D eigenvalue weighted by Crippen LogP contribution is -2.17. The Morgan fingerprint density at radius 1 is 1.31 bits per heavy atom. The summed E-state index contributed by atoms with van der Waals surface area (Å²) in [6, 6.07) is 0. The second-order valence-electron chi connectivity index (χ2n) is 4.48. The molecule has 3 nitrogen and oxygen atoms in total. The van der Waals surface area contributed by atoms with Crippen molar-refractivity contribution in [3.63, 3.8) is 0 Å². The lowest BCUT2D eigenvalue weighted by atomic mass is 9.92. The monoisotopic (exact) mass is 306 g/mol. The Balaban J connectivity index is 3.12. The van der Waals surface area contributed by atoms with Gasteiger partial charge in [-0.25, -0.2) is 9.97 Å². The Hall–Kier alpha value is -0.190. The van der Waals surface area contributed by atoms with E-state index in [0.717, 1.165) is 10.2 Å². The van der Waals surface area contributed by atoms with Gasteiger partial charge in [-0.1, -0.05) is 32.4 Å². The third-order valence-corrected chi connectivity index (χ3v) is 3.26. The Bertz CT molecular complexity index is 377. The lowest BCUT2D eigenvalue weighted by Gasteiger charge is -2.20. The normalized spacial score (nSPS) is 11.9. The fourth-order valence-electron chi connectivity index (χ4n) is 1.22. The maximum absolute atomic E-state index is 6.05. The molecule has 1 aromatic rings. The minimum absolute atomic E-state index is 0.0770. The minimum Gasteiger partial charge on any atom is -0.374 e. The van der Waals surface area contributed by atoms with Crippen molar-refractivity contribution in [1.29, 1.82) is 0 Å². The molecule has 0 saturated heterocycles. The highest BCUT2D eigenvalue weighted by molar-refractivity contribution is 9.10. The molecule has 1 heterocycles. The average molecular weight is 308 g/mol. The van der Waals surface area contributed by atoms with Crippen LogP contribution in [0.2, 0.25) is 5.15 Å². The van der Waals surface area contributed by atoms with Gasteiger partial charge in [0.15, 0.2) is 5.82 Å². The van der Waals surface area contributed by atoms with Crippen LogP contribution in [-0.2, 0) is 16.8 Å². The zero-order valence-corrected chi connectivity index (χ0v) is 12.3. The first-order valence-electron chi connectivity index (χ1n) is 5.16. The van der Waals surface area contributed by atoms with Crippen LogP contribution in [0, 0.1) is 0 Å². The summed E-state index contributed by atoms with van der Waals surface area (Å²) >= 11 is 9.47. The van der Waals surface area contributed by atoms with Gasteiger partial charge in [0, 0.05) is 12.0 Å². The van der Waals surface area contributed by atoms with E-state index in [1.54, 1.807) is 0 Å². The molecular weight excluding hydrogens is 291 g/mol. The molecule has 90 valence electrons. The summed E-state index contributed by atoms with van der Waals surface area (Å²) in [6.07, 6.45) is 0. The van der Waals surface area contributed by atoms with Crippen LogP contribution in [-0.4, -0.2) is 16.6 Å². The van der Waals surface area contributed by atoms with E-state index in [4.69, 9.17) is 16.3 Å². The number of nitrogens with zero attached hydrogens (tertiary/aromatic N) is 2. The maximum Gasteiger partial charge on any atom is 0.156 e. The molecule has 0 atom stereocenters. The van der Waals surface area contributed by atoms with Crippen molar-refractivity contribution in [1.82, 2.24) is 9.97 Å². The zero-order valence-electron chi connectivity index (χ0n) is 9.97. The van der Waals surface area contributed by atoms with E-state index in [1.165, 1.54) is 0 Å². The fraction of sp³-hybridized carbons (Fsp3) is 0.636. The first-order chi connectivity index (χ1) is 7.36. The molecule has 0 N–H and O–H groups in total. The fourth-order valence-corrected chi connectivity index (χ4v) is 2.18. The molecule has 0 aliphatic rings. The van der Waals surface area contributed by atoms with Gasteiger partial charge in [0.25, 0.3) is 0 Å². The Kier molecular flexibility index (Phi) is 4.71. The largest absolute Gasteiger partial charge is 0.374 e. The Labute approximate surface area is 110 Å². The van der Waals surface area contributed by atoms with E-state index < -0.39 is 0 Å². The van der Waals surface area contributed by atoms with Crippen molar-refractivity contribution in [2.24, 2.45) is 0 Å². The highest BCUT2D eigenvalue weighted by atomic mass is 79.9. The highest BCUT2D eigenvalue weighted by Gasteiger charge is 2.22. The molecule has 0 aliphatic heterocycles. The summed E-state index contributed by atoms with van der Waals surface area (Å²) in [4.78, 5) is 8.64. The molecule has 0 radical (unpaired) electrons. The van der Waals surface area contributed by atoms with Gasteiger partial charge in [0.2, 0.25) is 0 Å². The van der Waals surface area contributed by atoms with E-state index in [1.807, 2.05) is 6.92 Å². The molecule has 0 amide bonds. The highest BCUT2D eigenvalue weighted by Crippen LogP contribution is 2.32. The molecule has 0 bridgehead atoms. The van der Waals surface area contributed by atoms with Crippen LogP contribution >= 0.6 is 27.5 Å². The van der Waals surface area contributed by atoms with Gasteiger partial charge in [-0.05, 0) is 22.9 Å². The Morgan fingerprint density at radius 3 is 2.44 bits per heavy atom. The number of aromatic nitrogens is 2. The van der Waals surface area contributed by atoms with E-state index in [0.29, 0.717) is 24.2 Å². The standard InChI is InChI=1S/C11H16BrClN2O/c1-5-16-6-7-14-9(11(2,3)4)8(12)10(13)15-7/h5-6H2,1-4H3. The third kappa shape index (κ3) is 3.40. The van der Waals surface area contributed by atoms with Crippen molar-refractivity contribution >= 4 is 27.5 Å². The van der Waals surface area contributed by atoms with Gasteiger partial charge in [0.05, 0.1) is 10.2 Å². The lowest BCUT2D eigenvalue weighted by molar-refractivity contribution is 0.128. The second kappa shape index (κ2) is 5.43. The predicted octanol–water partition coefficient (Wildman–Crippen LogP) is 3.73. The molecule has 0 spiro atoms. The summed E-state index contributed by atoms with van der Waals surface area (Å²) in [5.41, 5.74) is 0.828. The number of halogens is 2.